The maximum Gasteiger partial charge on any atom is 0.119 e. The van der Waals surface area contributed by atoms with Gasteiger partial charge < -0.3 is 10.1 Å². The minimum atomic E-state index is 0.205. The summed E-state index contributed by atoms with van der Waals surface area (Å²) in [5.74, 6) is 0.925. The third kappa shape index (κ3) is 4.08. The van der Waals surface area contributed by atoms with E-state index in [2.05, 4.69) is 67.7 Å². The summed E-state index contributed by atoms with van der Waals surface area (Å²) in [4.78, 5) is 0. The van der Waals surface area contributed by atoms with Crippen LogP contribution in [-0.2, 0) is 0 Å². The van der Waals surface area contributed by atoms with E-state index < -0.39 is 0 Å². The molecule has 0 aromatic heterocycles. The molecule has 0 radical (unpaired) electrons. The molecule has 0 amide bonds. The Bertz CT molecular complexity index is 560. The first-order valence-corrected chi connectivity index (χ1v) is 7.67. The number of benzene rings is 2. The zero-order valence-corrected chi connectivity index (χ0v) is 13.4. The third-order valence-corrected chi connectivity index (χ3v) is 3.49. The van der Waals surface area contributed by atoms with Crippen molar-refractivity contribution in [1.29, 1.82) is 0 Å². The van der Waals surface area contributed by atoms with Gasteiger partial charge in [-0.3, -0.25) is 0 Å². The second kappa shape index (κ2) is 7.28. The summed E-state index contributed by atoms with van der Waals surface area (Å²) in [7, 11) is 0. The predicted octanol–water partition coefficient (Wildman–Crippen LogP) is 4.48. The normalized spacial score (nSPS) is 12.4. The van der Waals surface area contributed by atoms with Gasteiger partial charge in [0.1, 0.15) is 5.75 Å². The molecule has 2 rings (SSSR count). The van der Waals surface area contributed by atoms with Crippen LogP contribution >= 0.6 is 0 Å². The van der Waals surface area contributed by atoms with E-state index in [0.29, 0.717) is 0 Å². The van der Waals surface area contributed by atoms with Gasteiger partial charge >= 0.3 is 0 Å². The fourth-order valence-corrected chi connectivity index (χ4v) is 2.53. The monoisotopic (exact) mass is 283 g/mol. The molecule has 0 spiro atoms. The van der Waals surface area contributed by atoms with Crippen molar-refractivity contribution in [2.75, 3.05) is 6.54 Å². The highest BCUT2D eigenvalue weighted by molar-refractivity contribution is 5.38. The summed E-state index contributed by atoms with van der Waals surface area (Å²) in [5, 5.41) is 3.58. The van der Waals surface area contributed by atoms with E-state index >= 15 is 0 Å². The Hall–Kier alpha value is -1.80. The molecule has 2 nitrogen and oxygen atoms in total. The van der Waals surface area contributed by atoms with Gasteiger partial charge in [0.25, 0.3) is 0 Å². The zero-order chi connectivity index (χ0) is 15.2. The first kappa shape index (κ1) is 15.6. The minimum absolute atomic E-state index is 0.205. The molecule has 0 saturated carbocycles. The molecule has 1 unspecified atom stereocenters. The van der Waals surface area contributed by atoms with E-state index in [1.807, 2.05) is 13.8 Å². The van der Waals surface area contributed by atoms with E-state index in [0.717, 1.165) is 12.3 Å². The molecular weight excluding hydrogens is 258 g/mol. The van der Waals surface area contributed by atoms with Crippen LogP contribution in [0.1, 0.15) is 43.5 Å². The largest absolute Gasteiger partial charge is 0.491 e. The van der Waals surface area contributed by atoms with Crippen LogP contribution in [0.4, 0.5) is 0 Å². The van der Waals surface area contributed by atoms with Crippen LogP contribution in [0.2, 0.25) is 0 Å². The van der Waals surface area contributed by atoms with Gasteiger partial charge in [0.2, 0.25) is 0 Å². The maximum atomic E-state index is 5.72. The lowest BCUT2D eigenvalue weighted by atomic mass is 9.95. The molecule has 1 N–H and O–H groups in total. The summed E-state index contributed by atoms with van der Waals surface area (Å²) in [6.45, 7) is 9.33. The first-order valence-electron chi connectivity index (χ1n) is 7.67. The highest BCUT2D eigenvalue weighted by atomic mass is 16.5. The molecule has 0 heterocycles. The van der Waals surface area contributed by atoms with Crippen LogP contribution in [0, 0.1) is 6.92 Å². The van der Waals surface area contributed by atoms with Gasteiger partial charge in [-0.15, -0.1) is 0 Å². The molecule has 2 aromatic rings. The molecule has 0 aliphatic carbocycles. The summed E-state index contributed by atoms with van der Waals surface area (Å²) >= 11 is 0. The van der Waals surface area contributed by atoms with Crippen LogP contribution in [0.3, 0.4) is 0 Å². The van der Waals surface area contributed by atoms with Gasteiger partial charge in [0.05, 0.1) is 12.1 Å². The fourth-order valence-electron chi connectivity index (χ4n) is 2.53. The van der Waals surface area contributed by atoms with Gasteiger partial charge in [-0.25, -0.2) is 0 Å². The average molecular weight is 283 g/mol. The molecule has 112 valence electrons. The molecule has 0 saturated heterocycles. The molecule has 0 fully saturated rings. The van der Waals surface area contributed by atoms with Crippen molar-refractivity contribution in [3.8, 4) is 5.75 Å². The van der Waals surface area contributed by atoms with Gasteiger partial charge in [0, 0.05) is 0 Å². The Morgan fingerprint density at radius 2 is 1.67 bits per heavy atom. The predicted molar refractivity (Wildman–Crippen MR) is 88.9 cm³/mol. The smallest absolute Gasteiger partial charge is 0.119 e. The lowest BCUT2D eigenvalue weighted by Gasteiger charge is -2.21. The van der Waals surface area contributed by atoms with Crippen LogP contribution in [0.5, 0.6) is 5.75 Å². The van der Waals surface area contributed by atoms with Crippen LogP contribution < -0.4 is 10.1 Å². The molecule has 21 heavy (non-hydrogen) atoms. The van der Waals surface area contributed by atoms with Crippen molar-refractivity contribution in [1.82, 2.24) is 5.32 Å². The van der Waals surface area contributed by atoms with Crippen molar-refractivity contribution in [2.45, 2.75) is 39.8 Å². The highest BCUT2D eigenvalue weighted by Gasteiger charge is 2.14. The van der Waals surface area contributed by atoms with E-state index in [1.54, 1.807) is 0 Å². The number of rotatable bonds is 6. The molecule has 2 aromatic carbocycles. The number of nitrogens with one attached hydrogen (secondary N) is 1. The van der Waals surface area contributed by atoms with Crippen molar-refractivity contribution in [3.63, 3.8) is 0 Å². The summed E-state index contributed by atoms with van der Waals surface area (Å²) in [5.41, 5.74) is 3.91. The lowest BCUT2D eigenvalue weighted by Crippen LogP contribution is -2.22. The maximum absolute atomic E-state index is 5.72. The SMILES string of the molecule is CCNC(c1ccc(OC(C)C)cc1)c1ccccc1C. The molecular formula is C19H25NO. The van der Waals surface area contributed by atoms with Crippen LogP contribution in [0.15, 0.2) is 48.5 Å². The Morgan fingerprint density at radius 1 is 1.00 bits per heavy atom. The van der Waals surface area contributed by atoms with E-state index in [4.69, 9.17) is 4.74 Å². The van der Waals surface area contributed by atoms with Crippen molar-refractivity contribution in [3.05, 3.63) is 65.2 Å². The highest BCUT2D eigenvalue weighted by Crippen LogP contribution is 2.26. The standard InChI is InChI=1S/C19H25NO/c1-5-20-19(18-9-7-6-8-15(18)4)16-10-12-17(13-11-16)21-14(2)3/h6-14,19-20H,5H2,1-4H3. The lowest BCUT2D eigenvalue weighted by molar-refractivity contribution is 0.242. The summed E-state index contributed by atoms with van der Waals surface area (Å²) in [6, 6.07) is 17.2. The van der Waals surface area contributed by atoms with E-state index in [-0.39, 0.29) is 12.1 Å². The molecule has 1 atom stereocenters. The number of ether oxygens (including phenoxy) is 1. The molecule has 2 heteroatoms. The molecule has 0 bridgehead atoms. The Morgan fingerprint density at radius 3 is 2.24 bits per heavy atom. The van der Waals surface area contributed by atoms with Crippen molar-refractivity contribution in [2.24, 2.45) is 0 Å². The second-order valence-electron chi connectivity index (χ2n) is 5.58. The fraction of sp³-hybridized carbons (Fsp3) is 0.368. The zero-order valence-electron chi connectivity index (χ0n) is 13.4. The minimum Gasteiger partial charge on any atom is -0.491 e. The first-order chi connectivity index (χ1) is 10.1. The average Bonchev–Trinajstić information content (AvgIpc) is 2.46. The van der Waals surface area contributed by atoms with Gasteiger partial charge in [-0.05, 0) is 56.1 Å². The third-order valence-electron chi connectivity index (χ3n) is 3.49. The van der Waals surface area contributed by atoms with Crippen molar-refractivity contribution < 1.29 is 4.74 Å². The number of aryl methyl sites for hydroxylation is 1. The van der Waals surface area contributed by atoms with Gasteiger partial charge in [0.15, 0.2) is 0 Å². The Balaban J connectivity index is 2.28. The quantitative estimate of drug-likeness (QED) is 0.844. The second-order valence-corrected chi connectivity index (χ2v) is 5.58. The van der Waals surface area contributed by atoms with Gasteiger partial charge in [-0.2, -0.15) is 0 Å². The number of hydrogen-bond donors (Lipinski definition) is 1. The Labute approximate surface area is 128 Å². The number of hydrogen-bond acceptors (Lipinski definition) is 2. The Kier molecular flexibility index (Phi) is 5.40. The van der Waals surface area contributed by atoms with Crippen molar-refractivity contribution >= 4 is 0 Å². The summed E-state index contributed by atoms with van der Waals surface area (Å²) < 4.78 is 5.72. The molecule has 0 aliphatic heterocycles. The van der Waals surface area contributed by atoms with E-state index in [9.17, 15) is 0 Å². The van der Waals surface area contributed by atoms with Crippen LogP contribution in [0.25, 0.3) is 0 Å². The van der Waals surface area contributed by atoms with Crippen LogP contribution in [-0.4, -0.2) is 12.6 Å². The van der Waals surface area contributed by atoms with Gasteiger partial charge in [-0.1, -0.05) is 43.3 Å². The van der Waals surface area contributed by atoms with E-state index in [1.165, 1.54) is 16.7 Å². The molecule has 0 aliphatic rings. The topological polar surface area (TPSA) is 21.3 Å². The summed E-state index contributed by atoms with van der Waals surface area (Å²) in [6.07, 6.45) is 0.205.